The van der Waals surface area contributed by atoms with Gasteiger partial charge in [0.15, 0.2) is 0 Å². The first kappa shape index (κ1) is 20.9. The third-order valence-electron chi connectivity index (χ3n) is 3.99. The van der Waals surface area contributed by atoms with Crippen LogP contribution in [0.3, 0.4) is 0 Å². The van der Waals surface area contributed by atoms with Crippen LogP contribution in [0, 0.1) is 0 Å². The average Bonchev–Trinajstić information content (AvgIpc) is 2.39. The molecular formula is C16H34O4S. The lowest BCUT2D eigenvalue weighted by Crippen LogP contribution is -2.33. The molecule has 128 valence electrons. The van der Waals surface area contributed by atoms with E-state index in [4.69, 9.17) is 0 Å². The molecule has 4 nitrogen and oxygen atoms in total. The quantitative estimate of drug-likeness (QED) is 0.369. The zero-order chi connectivity index (χ0) is 16.1. The predicted molar refractivity (Wildman–Crippen MR) is 88.1 cm³/mol. The maximum Gasteiger partial charge on any atom is 0.270 e. The third-order valence-corrected chi connectivity index (χ3v) is 5.30. The second-order valence-electron chi connectivity index (χ2n) is 6.03. The van der Waals surface area contributed by atoms with Crippen molar-refractivity contribution >= 4 is 10.1 Å². The Morgan fingerprint density at radius 1 is 0.762 bits per heavy atom. The van der Waals surface area contributed by atoms with Gasteiger partial charge in [0.05, 0.1) is 6.10 Å². The molecule has 0 heterocycles. The van der Waals surface area contributed by atoms with E-state index in [1.807, 2.05) is 6.92 Å². The number of unbranched alkanes of at least 4 members (excludes halogenated alkanes) is 8. The minimum Gasteiger partial charge on any atom is -0.392 e. The number of hydrogen-bond donors (Lipinski definition) is 2. The van der Waals surface area contributed by atoms with E-state index in [0.717, 1.165) is 19.3 Å². The van der Waals surface area contributed by atoms with E-state index in [2.05, 4.69) is 6.92 Å². The Bertz CT molecular complexity index is 327. The smallest absolute Gasteiger partial charge is 0.270 e. The zero-order valence-corrected chi connectivity index (χ0v) is 14.6. The van der Waals surface area contributed by atoms with Crippen LogP contribution < -0.4 is 0 Å². The molecule has 0 aromatic heterocycles. The Morgan fingerprint density at radius 3 is 1.67 bits per heavy atom. The van der Waals surface area contributed by atoms with Crippen LogP contribution in [-0.2, 0) is 10.1 Å². The Hall–Kier alpha value is -0.130. The van der Waals surface area contributed by atoms with Gasteiger partial charge in [-0.3, -0.25) is 4.55 Å². The third kappa shape index (κ3) is 11.1. The van der Waals surface area contributed by atoms with Crippen molar-refractivity contribution < 1.29 is 18.1 Å². The molecular weight excluding hydrogens is 288 g/mol. The Morgan fingerprint density at radius 2 is 1.24 bits per heavy atom. The standard InChI is InChI=1S/C16H34O4S/c1-3-5-6-7-8-9-10-11-12-14-16(21(18,19)20)15(17)13-4-2/h15-17H,3-14H2,1-2H3,(H,18,19,20). The van der Waals surface area contributed by atoms with E-state index in [9.17, 15) is 18.1 Å². The molecule has 0 spiro atoms. The van der Waals surface area contributed by atoms with Crippen LogP contribution in [0.4, 0.5) is 0 Å². The highest BCUT2D eigenvalue weighted by molar-refractivity contribution is 7.86. The van der Waals surface area contributed by atoms with Gasteiger partial charge in [0.1, 0.15) is 5.25 Å². The van der Waals surface area contributed by atoms with Crippen molar-refractivity contribution in [1.29, 1.82) is 0 Å². The normalized spacial score (nSPS) is 15.0. The highest BCUT2D eigenvalue weighted by Crippen LogP contribution is 2.18. The molecule has 0 rings (SSSR count). The fourth-order valence-electron chi connectivity index (χ4n) is 2.68. The molecule has 0 fully saturated rings. The van der Waals surface area contributed by atoms with Crippen LogP contribution in [0.2, 0.25) is 0 Å². The Labute approximate surface area is 131 Å². The van der Waals surface area contributed by atoms with E-state index in [1.54, 1.807) is 0 Å². The largest absolute Gasteiger partial charge is 0.392 e. The first-order valence-electron chi connectivity index (χ1n) is 8.57. The summed E-state index contributed by atoms with van der Waals surface area (Å²) >= 11 is 0. The van der Waals surface area contributed by atoms with Crippen molar-refractivity contribution in [3.05, 3.63) is 0 Å². The first-order valence-corrected chi connectivity index (χ1v) is 10.1. The Balaban J connectivity index is 3.79. The van der Waals surface area contributed by atoms with Gasteiger partial charge in [-0.1, -0.05) is 78.1 Å². The second kappa shape index (κ2) is 12.4. The van der Waals surface area contributed by atoms with E-state index in [-0.39, 0.29) is 0 Å². The molecule has 2 unspecified atom stereocenters. The van der Waals surface area contributed by atoms with Crippen LogP contribution in [0.1, 0.15) is 90.9 Å². The number of rotatable bonds is 14. The molecule has 0 saturated heterocycles. The maximum absolute atomic E-state index is 11.3. The fraction of sp³-hybridized carbons (Fsp3) is 1.00. The number of aliphatic hydroxyl groups is 1. The molecule has 0 aliphatic carbocycles. The van der Waals surface area contributed by atoms with E-state index < -0.39 is 21.5 Å². The molecule has 0 aliphatic rings. The molecule has 2 atom stereocenters. The summed E-state index contributed by atoms with van der Waals surface area (Å²) in [6.45, 7) is 4.10. The fourth-order valence-corrected chi connectivity index (χ4v) is 3.68. The molecule has 21 heavy (non-hydrogen) atoms. The zero-order valence-electron chi connectivity index (χ0n) is 13.8. The van der Waals surface area contributed by atoms with Gasteiger partial charge >= 0.3 is 0 Å². The molecule has 0 aliphatic heterocycles. The van der Waals surface area contributed by atoms with Crippen molar-refractivity contribution in [1.82, 2.24) is 0 Å². The molecule has 0 amide bonds. The summed E-state index contributed by atoms with van der Waals surface area (Å²) in [5.74, 6) is 0. The van der Waals surface area contributed by atoms with Crippen molar-refractivity contribution in [3.8, 4) is 0 Å². The number of aliphatic hydroxyl groups excluding tert-OH is 1. The summed E-state index contributed by atoms with van der Waals surface area (Å²) in [7, 11) is -4.14. The maximum atomic E-state index is 11.3. The van der Waals surface area contributed by atoms with Crippen LogP contribution in [-0.4, -0.2) is 29.4 Å². The second-order valence-corrected chi connectivity index (χ2v) is 7.66. The molecule has 0 bridgehead atoms. The van der Waals surface area contributed by atoms with Gasteiger partial charge in [-0.2, -0.15) is 8.42 Å². The van der Waals surface area contributed by atoms with Crippen molar-refractivity contribution in [2.45, 2.75) is 102 Å². The summed E-state index contributed by atoms with van der Waals surface area (Å²) < 4.78 is 31.8. The SMILES string of the molecule is CCCCCCCCCCCC(C(O)CCC)S(=O)(=O)O. The van der Waals surface area contributed by atoms with Gasteiger partial charge in [-0.25, -0.2) is 0 Å². The van der Waals surface area contributed by atoms with Crippen molar-refractivity contribution in [2.24, 2.45) is 0 Å². The summed E-state index contributed by atoms with van der Waals surface area (Å²) in [6.07, 6.45) is 11.0. The van der Waals surface area contributed by atoms with Crippen LogP contribution >= 0.6 is 0 Å². The predicted octanol–water partition coefficient (Wildman–Crippen LogP) is 4.32. The minimum atomic E-state index is -4.14. The van der Waals surface area contributed by atoms with Crippen LogP contribution in [0.15, 0.2) is 0 Å². The van der Waals surface area contributed by atoms with Gasteiger partial charge in [-0.15, -0.1) is 0 Å². The van der Waals surface area contributed by atoms with E-state index in [0.29, 0.717) is 19.3 Å². The number of hydrogen-bond acceptors (Lipinski definition) is 3. The lowest BCUT2D eigenvalue weighted by Gasteiger charge is -2.19. The molecule has 2 N–H and O–H groups in total. The average molecular weight is 323 g/mol. The van der Waals surface area contributed by atoms with Crippen molar-refractivity contribution in [2.75, 3.05) is 0 Å². The topological polar surface area (TPSA) is 74.6 Å². The minimum absolute atomic E-state index is 0.357. The summed E-state index contributed by atoms with van der Waals surface area (Å²) in [6, 6.07) is 0. The Kier molecular flexibility index (Phi) is 12.3. The summed E-state index contributed by atoms with van der Waals surface area (Å²) in [5, 5.41) is 8.82. The monoisotopic (exact) mass is 322 g/mol. The lowest BCUT2D eigenvalue weighted by molar-refractivity contribution is 0.149. The first-order chi connectivity index (χ1) is 9.93. The summed E-state index contributed by atoms with van der Waals surface area (Å²) in [4.78, 5) is 0. The van der Waals surface area contributed by atoms with E-state index in [1.165, 1.54) is 38.5 Å². The van der Waals surface area contributed by atoms with Gasteiger partial charge in [0, 0.05) is 0 Å². The molecule has 0 aromatic carbocycles. The summed E-state index contributed by atoms with van der Waals surface area (Å²) in [5.41, 5.74) is 0. The molecule has 0 aromatic rings. The van der Waals surface area contributed by atoms with Gasteiger partial charge in [0.25, 0.3) is 10.1 Å². The van der Waals surface area contributed by atoms with Crippen LogP contribution in [0.5, 0.6) is 0 Å². The molecule has 0 radical (unpaired) electrons. The molecule has 5 heteroatoms. The lowest BCUT2D eigenvalue weighted by atomic mass is 10.0. The van der Waals surface area contributed by atoms with Gasteiger partial charge < -0.3 is 5.11 Å². The van der Waals surface area contributed by atoms with E-state index >= 15 is 0 Å². The van der Waals surface area contributed by atoms with Gasteiger partial charge in [0.2, 0.25) is 0 Å². The van der Waals surface area contributed by atoms with Crippen LogP contribution in [0.25, 0.3) is 0 Å². The van der Waals surface area contributed by atoms with Gasteiger partial charge in [-0.05, 0) is 12.8 Å². The highest BCUT2D eigenvalue weighted by atomic mass is 32.2. The highest BCUT2D eigenvalue weighted by Gasteiger charge is 2.29. The van der Waals surface area contributed by atoms with Crippen molar-refractivity contribution in [3.63, 3.8) is 0 Å². The molecule has 0 saturated carbocycles.